The maximum atomic E-state index is 14.4. The number of benzene rings is 1. The second-order valence-electron chi connectivity index (χ2n) is 11.1. The first-order valence-corrected chi connectivity index (χ1v) is 13.7. The van der Waals surface area contributed by atoms with Crippen LogP contribution in [-0.4, -0.2) is 59.8 Å². The Morgan fingerprint density at radius 1 is 1.03 bits per heavy atom. The molecule has 3 aliphatic rings. The highest BCUT2D eigenvalue weighted by Gasteiger charge is 2.31. The summed E-state index contributed by atoms with van der Waals surface area (Å²) in [6.07, 6.45) is 8.90. The maximum absolute atomic E-state index is 14.4. The first-order chi connectivity index (χ1) is 17.4. The Kier molecular flexibility index (Phi) is 7.68. The van der Waals surface area contributed by atoms with Crippen LogP contribution in [0.3, 0.4) is 0 Å². The molecule has 5 rings (SSSR count). The lowest BCUT2D eigenvalue weighted by atomic mass is 9.86. The molecule has 0 radical (unpaired) electrons. The number of likely N-dealkylation sites (tertiary alicyclic amines) is 2. The van der Waals surface area contributed by atoms with Crippen LogP contribution >= 0.6 is 0 Å². The van der Waals surface area contributed by atoms with Gasteiger partial charge in [-0.3, -0.25) is 10.2 Å². The van der Waals surface area contributed by atoms with Crippen molar-refractivity contribution < 1.29 is 13.9 Å². The number of amides is 1. The molecule has 36 heavy (non-hydrogen) atoms. The second kappa shape index (κ2) is 10.9. The van der Waals surface area contributed by atoms with Gasteiger partial charge in [-0.05, 0) is 96.5 Å². The summed E-state index contributed by atoms with van der Waals surface area (Å²) in [6, 6.07) is 5.99. The van der Waals surface area contributed by atoms with Crippen molar-refractivity contribution >= 4 is 22.8 Å². The predicted octanol–water partition coefficient (Wildman–Crippen LogP) is 6.47. The zero-order valence-corrected chi connectivity index (χ0v) is 22.1. The number of halogens is 1. The quantitative estimate of drug-likeness (QED) is 0.482. The lowest BCUT2D eigenvalue weighted by Gasteiger charge is -2.40. The van der Waals surface area contributed by atoms with Crippen LogP contribution in [0.5, 0.6) is 0 Å². The number of nitrogens with one attached hydrogen (secondary N) is 1. The number of anilines is 1. The van der Waals surface area contributed by atoms with Gasteiger partial charge in [0.1, 0.15) is 11.6 Å². The third kappa shape index (κ3) is 5.18. The molecule has 2 aliphatic heterocycles. The van der Waals surface area contributed by atoms with Gasteiger partial charge in [0.25, 0.3) is 0 Å². The van der Waals surface area contributed by atoms with Crippen molar-refractivity contribution in [2.45, 2.75) is 83.8 Å². The topological polar surface area (TPSA) is 49.7 Å². The minimum absolute atomic E-state index is 0.241. The number of aromatic nitrogens is 1. The van der Waals surface area contributed by atoms with E-state index in [1.807, 2.05) is 6.07 Å². The molecule has 2 saturated heterocycles. The van der Waals surface area contributed by atoms with E-state index in [-0.39, 0.29) is 11.9 Å². The molecule has 2 aromatic rings. The Morgan fingerprint density at radius 2 is 1.72 bits per heavy atom. The highest BCUT2D eigenvalue weighted by Crippen LogP contribution is 2.40. The molecule has 3 heterocycles. The summed E-state index contributed by atoms with van der Waals surface area (Å²) in [5.41, 5.74) is 5.15. The average molecular weight is 497 g/mol. The summed E-state index contributed by atoms with van der Waals surface area (Å²) in [4.78, 5) is 17.5. The smallest absolute Gasteiger partial charge is 0.412 e. The number of rotatable bonds is 5. The normalized spacial score (nSPS) is 22.3. The van der Waals surface area contributed by atoms with E-state index in [0.29, 0.717) is 12.6 Å². The Labute approximate surface area is 214 Å². The first kappa shape index (κ1) is 25.3. The van der Waals surface area contributed by atoms with Gasteiger partial charge in [-0.15, -0.1) is 0 Å². The number of methoxy groups -OCH3 is 1. The standard InChI is InChI=1S/C29H41FN4O2/c1-20(2)21-6-9-23(10-7-21)33-16-12-24(13-17-33)34-27-11-8-22(30)18-25(27)26(19-32-14-4-5-15-32)28(34)31-29(35)36-3/h8,11,18,23-24H,4-7,9-10,12-17,19H2,1-3H3,(H,31,35). The highest BCUT2D eigenvalue weighted by molar-refractivity contribution is 5.95. The molecule has 1 aromatic carbocycles. The Morgan fingerprint density at radius 3 is 2.36 bits per heavy atom. The van der Waals surface area contributed by atoms with Crippen LogP contribution in [0.15, 0.2) is 29.3 Å². The monoisotopic (exact) mass is 496 g/mol. The molecule has 0 bridgehead atoms. The van der Waals surface area contributed by atoms with E-state index in [4.69, 9.17) is 4.74 Å². The van der Waals surface area contributed by atoms with Gasteiger partial charge in [-0.25, -0.2) is 9.18 Å². The molecule has 0 spiro atoms. The van der Waals surface area contributed by atoms with Crippen molar-refractivity contribution in [1.82, 2.24) is 14.4 Å². The molecule has 1 amide bonds. The van der Waals surface area contributed by atoms with E-state index < -0.39 is 6.09 Å². The van der Waals surface area contributed by atoms with Crippen LogP contribution < -0.4 is 5.32 Å². The van der Waals surface area contributed by atoms with Crippen molar-refractivity contribution in [2.24, 2.45) is 0 Å². The minimum atomic E-state index is -0.475. The Balaban J connectivity index is 1.42. The van der Waals surface area contributed by atoms with Gasteiger partial charge in [0.2, 0.25) is 0 Å². The van der Waals surface area contributed by atoms with Crippen LogP contribution in [0.25, 0.3) is 10.9 Å². The summed E-state index contributed by atoms with van der Waals surface area (Å²) in [5.74, 6) is 0.536. The number of piperidine rings is 1. The highest BCUT2D eigenvalue weighted by atomic mass is 19.1. The molecule has 1 aromatic heterocycles. The molecule has 7 heteroatoms. The second-order valence-corrected chi connectivity index (χ2v) is 11.1. The molecule has 1 N–H and O–H groups in total. The Hall–Kier alpha value is -2.38. The number of hydrogen-bond acceptors (Lipinski definition) is 4. The van der Waals surface area contributed by atoms with Gasteiger partial charge < -0.3 is 14.2 Å². The molecular weight excluding hydrogens is 455 g/mol. The summed E-state index contributed by atoms with van der Waals surface area (Å²) in [5, 5.41) is 3.93. The largest absolute Gasteiger partial charge is 0.453 e. The molecule has 1 aliphatic carbocycles. The zero-order valence-electron chi connectivity index (χ0n) is 22.1. The lowest BCUT2D eigenvalue weighted by Crippen LogP contribution is -2.43. The molecule has 0 atom stereocenters. The number of carbonyl (C=O) groups is 1. The summed E-state index contributed by atoms with van der Waals surface area (Å²) >= 11 is 0. The van der Waals surface area contributed by atoms with E-state index in [9.17, 15) is 9.18 Å². The lowest BCUT2D eigenvalue weighted by molar-refractivity contribution is 0.117. The van der Waals surface area contributed by atoms with Crippen LogP contribution in [0.4, 0.5) is 15.0 Å². The van der Waals surface area contributed by atoms with Crippen LogP contribution in [0.2, 0.25) is 0 Å². The van der Waals surface area contributed by atoms with Crippen molar-refractivity contribution in [3.05, 3.63) is 40.7 Å². The average Bonchev–Trinajstić information content (AvgIpc) is 3.51. The van der Waals surface area contributed by atoms with Gasteiger partial charge in [0, 0.05) is 42.7 Å². The van der Waals surface area contributed by atoms with Crippen LogP contribution in [0.1, 0.15) is 76.8 Å². The number of nitrogens with zero attached hydrogens (tertiary/aromatic N) is 3. The predicted molar refractivity (Wildman–Crippen MR) is 143 cm³/mol. The third-order valence-corrected chi connectivity index (χ3v) is 8.70. The fourth-order valence-electron chi connectivity index (χ4n) is 6.67. The fourth-order valence-corrected chi connectivity index (χ4v) is 6.67. The summed E-state index contributed by atoms with van der Waals surface area (Å²) < 4.78 is 21.7. The van der Waals surface area contributed by atoms with E-state index >= 15 is 0 Å². The molecular formula is C29H41FN4O2. The molecule has 6 nitrogen and oxygen atoms in total. The molecule has 1 saturated carbocycles. The Bertz CT molecular complexity index is 1110. The van der Waals surface area contributed by atoms with Crippen molar-refractivity contribution in [3.8, 4) is 0 Å². The first-order valence-electron chi connectivity index (χ1n) is 13.7. The van der Waals surface area contributed by atoms with E-state index in [2.05, 4.69) is 33.5 Å². The van der Waals surface area contributed by atoms with Crippen molar-refractivity contribution in [1.29, 1.82) is 0 Å². The van der Waals surface area contributed by atoms with Gasteiger partial charge in [0.15, 0.2) is 0 Å². The van der Waals surface area contributed by atoms with E-state index in [0.717, 1.165) is 61.3 Å². The minimum Gasteiger partial charge on any atom is -0.453 e. The van der Waals surface area contributed by atoms with Crippen molar-refractivity contribution in [2.75, 3.05) is 38.6 Å². The van der Waals surface area contributed by atoms with Gasteiger partial charge in [-0.2, -0.15) is 0 Å². The van der Waals surface area contributed by atoms with Crippen LogP contribution in [0, 0.1) is 5.82 Å². The fraction of sp³-hybridized carbons (Fsp3) is 0.621. The number of ether oxygens (including phenoxy) is 1. The third-order valence-electron chi connectivity index (χ3n) is 8.70. The zero-order chi connectivity index (χ0) is 25.2. The van der Waals surface area contributed by atoms with Crippen molar-refractivity contribution in [3.63, 3.8) is 0 Å². The van der Waals surface area contributed by atoms with Gasteiger partial charge in [0.05, 0.1) is 12.6 Å². The summed E-state index contributed by atoms with van der Waals surface area (Å²) in [7, 11) is 1.39. The maximum Gasteiger partial charge on any atom is 0.412 e. The number of carbonyl (C=O) groups excluding carboxylic acids is 1. The number of hydrogen-bond donors (Lipinski definition) is 1. The van der Waals surface area contributed by atoms with E-state index in [1.165, 1.54) is 51.2 Å². The molecule has 196 valence electrons. The summed E-state index contributed by atoms with van der Waals surface area (Å²) in [6.45, 7) is 9.37. The SMILES string of the molecule is COC(=O)Nc1c(CN2CCCC2)c2cc(F)ccc2n1C1CCN(C2CCC(=C(C)C)CC2)CC1. The molecule has 0 unspecified atom stereocenters. The number of fused-ring (bicyclic) bond motifs is 1. The van der Waals surface area contributed by atoms with Gasteiger partial charge in [-0.1, -0.05) is 11.1 Å². The van der Waals surface area contributed by atoms with Crippen LogP contribution in [-0.2, 0) is 11.3 Å². The van der Waals surface area contributed by atoms with Gasteiger partial charge >= 0.3 is 6.09 Å². The molecule has 3 fully saturated rings. The number of allylic oxidation sites excluding steroid dienone is 2. The van der Waals surface area contributed by atoms with E-state index in [1.54, 1.807) is 17.7 Å².